The molecule has 0 aliphatic heterocycles. The van der Waals surface area contributed by atoms with Gasteiger partial charge in [0, 0.05) is 18.5 Å². The van der Waals surface area contributed by atoms with Gasteiger partial charge in [0.05, 0.1) is 6.54 Å². The number of alkyl halides is 1. The number of hydrogen-bond donors (Lipinski definition) is 0. The van der Waals surface area contributed by atoms with E-state index in [4.69, 9.17) is 16.1 Å². The Balaban J connectivity index is 3.07. The molecule has 0 saturated heterocycles. The summed E-state index contributed by atoms with van der Waals surface area (Å²) in [6, 6.07) is 0. The van der Waals surface area contributed by atoms with Crippen molar-refractivity contribution in [2.24, 2.45) is 4.99 Å². The highest BCUT2D eigenvalue weighted by molar-refractivity contribution is 7.38. The molecule has 5 heteroatoms. The van der Waals surface area contributed by atoms with Gasteiger partial charge in [-0.15, -0.1) is 16.1 Å². The molecule has 0 bridgehead atoms. The lowest BCUT2D eigenvalue weighted by Gasteiger charge is -1.85. The summed E-state index contributed by atoms with van der Waals surface area (Å²) in [5.41, 5.74) is 0. The van der Waals surface area contributed by atoms with Gasteiger partial charge < -0.3 is 0 Å². The van der Waals surface area contributed by atoms with Crippen LogP contribution in [0.25, 0.3) is 0 Å². The minimum absolute atomic E-state index is 0.470. The molecule has 0 aliphatic rings. The lowest BCUT2D eigenvalue weighted by molar-refractivity contribution is 0.344. The maximum absolute atomic E-state index is 10.4. The van der Waals surface area contributed by atoms with E-state index in [0.717, 1.165) is 0 Å². The van der Waals surface area contributed by atoms with Crippen molar-refractivity contribution < 1.29 is 9.09 Å². The summed E-state index contributed by atoms with van der Waals surface area (Å²) < 4.78 is 15.2. The molecule has 1 atom stereocenters. The molecule has 11 heavy (non-hydrogen) atoms. The summed E-state index contributed by atoms with van der Waals surface area (Å²) in [6.45, 7) is 2.64. The highest BCUT2D eigenvalue weighted by Gasteiger charge is 2.03. The average Bonchev–Trinajstić information content (AvgIpc) is 1.96. The van der Waals surface area contributed by atoms with Crippen LogP contribution in [0.3, 0.4) is 0 Å². The fourth-order valence-electron chi connectivity index (χ4n) is 0.465. The second-order valence-corrected chi connectivity index (χ2v) is 3.35. The third-order valence-corrected chi connectivity index (χ3v) is 1.58. The van der Waals surface area contributed by atoms with Crippen LogP contribution in [0.2, 0.25) is 0 Å². The molecule has 0 aromatic heterocycles. The first-order valence-electron chi connectivity index (χ1n) is 3.35. The molecule has 0 rings (SSSR count). The van der Waals surface area contributed by atoms with Gasteiger partial charge in [0.15, 0.2) is 6.66 Å². The Morgan fingerprint density at radius 2 is 2.45 bits per heavy atom. The molecule has 0 amide bonds. The molecular formula is C6H12ClNO2P+. The predicted octanol–water partition coefficient (Wildman–Crippen LogP) is 2.07. The van der Waals surface area contributed by atoms with Gasteiger partial charge in [-0.25, -0.2) is 0 Å². The topological polar surface area (TPSA) is 38.7 Å². The first kappa shape index (κ1) is 11.0. The van der Waals surface area contributed by atoms with Crippen molar-refractivity contribution in [2.75, 3.05) is 25.7 Å². The van der Waals surface area contributed by atoms with E-state index in [-0.39, 0.29) is 0 Å². The van der Waals surface area contributed by atoms with Gasteiger partial charge in [0.2, 0.25) is 0 Å². The van der Waals surface area contributed by atoms with Crippen LogP contribution in [-0.2, 0) is 9.09 Å². The maximum Gasteiger partial charge on any atom is 0.504 e. The molecule has 1 unspecified atom stereocenters. The molecule has 0 N–H and O–H groups in total. The molecule has 0 aliphatic carbocycles. The second-order valence-electron chi connectivity index (χ2n) is 1.84. The molecule has 3 nitrogen and oxygen atoms in total. The summed E-state index contributed by atoms with van der Waals surface area (Å²) in [5, 5.41) is 0. The van der Waals surface area contributed by atoms with Crippen molar-refractivity contribution in [1.82, 2.24) is 0 Å². The Kier molecular flexibility index (Phi) is 8.13. The summed E-state index contributed by atoms with van der Waals surface area (Å²) in [5.74, 6) is 0.541. The van der Waals surface area contributed by atoms with Crippen molar-refractivity contribution in [1.29, 1.82) is 0 Å². The summed E-state index contributed by atoms with van der Waals surface area (Å²) in [4.78, 5) is 3.95. The van der Waals surface area contributed by atoms with E-state index in [1.54, 1.807) is 6.21 Å². The van der Waals surface area contributed by atoms with Gasteiger partial charge >= 0.3 is 8.03 Å². The molecule has 0 aromatic rings. The smallest absolute Gasteiger partial charge is 0.296 e. The van der Waals surface area contributed by atoms with Crippen LogP contribution in [0.1, 0.15) is 6.42 Å². The zero-order valence-corrected chi connectivity index (χ0v) is 8.15. The number of hydrogen-bond acceptors (Lipinski definition) is 3. The van der Waals surface area contributed by atoms with E-state index in [1.807, 2.05) is 0 Å². The van der Waals surface area contributed by atoms with Crippen LogP contribution in [0, 0.1) is 0 Å². The Hall–Kier alpha value is 0.0200. The van der Waals surface area contributed by atoms with Gasteiger partial charge in [0.1, 0.15) is 6.61 Å². The van der Waals surface area contributed by atoms with Crippen LogP contribution in [0.4, 0.5) is 0 Å². The van der Waals surface area contributed by atoms with Crippen molar-refractivity contribution in [2.45, 2.75) is 6.42 Å². The maximum atomic E-state index is 10.4. The molecule has 0 radical (unpaired) electrons. The van der Waals surface area contributed by atoms with Crippen molar-refractivity contribution >= 4 is 25.8 Å². The molecule has 0 heterocycles. The zero-order chi connectivity index (χ0) is 8.53. The van der Waals surface area contributed by atoms with E-state index in [9.17, 15) is 4.57 Å². The van der Waals surface area contributed by atoms with E-state index in [2.05, 4.69) is 4.99 Å². The van der Waals surface area contributed by atoms with Gasteiger partial charge in [-0.2, -0.15) is 0 Å². The predicted molar refractivity (Wildman–Crippen MR) is 48.2 cm³/mol. The average molecular weight is 197 g/mol. The monoisotopic (exact) mass is 196 g/mol. The van der Waals surface area contributed by atoms with Crippen molar-refractivity contribution in [3.05, 3.63) is 0 Å². The molecule has 0 aromatic carbocycles. The molecule has 0 spiro atoms. The normalized spacial score (nSPS) is 12.4. The van der Waals surface area contributed by atoms with Crippen LogP contribution in [0.5, 0.6) is 0 Å². The SMILES string of the molecule is C[P+](=O)OCCC=NCCCl. The second kappa shape index (κ2) is 8.12. The number of halogens is 1. The lowest BCUT2D eigenvalue weighted by atomic mass is 10.5. The first-order chi connectivity index (χ1) is 5.27. The summed E-state index contributed by atoms with van der Waals surface area (Å²) in [6.07, 6.45) is 2.44. The Bertz CT molecular complexity index is 141. The quantitative estimate of drug-likeness (QED) is 0.282. The van der Waals surface area contributed by atoms with E-state index >= 15 is 0 Å². The van der Waals surface area contributed by atoms with Crippen molar-refractivity contribution in [3.8, 4) is 0 Å². The van der Waals surface area contributed by atoms with Crippen LogP contribution >= 0.6 is 19.6 Å². The molecule has 64 valence electrons. The fraction of sp³-hybridized carbons (Fsp3) is 0.833. The van der Waals surface area contributed by atoms with Crippen LogP contribution in [-0.4, -0.2) is 31.9 Å². The third kappa shape index (κ3) is 10.0. The molecular weight excluding hydrogens is 184 g/mol. The Morgan fingerprint density at radius 1 is 1.73 bits per heavy atom. The van der Waals surface area contributed by atoms with Gasteiger partial charge in [-0.3, -0.25) is 4.99 Å². The minimum Gasteiger partial charge on any atom is -0.296 e. The van der Waals surface area contributed by atoms with Crippen LogP contribution < -0.4 is 0 Å². The van der Waals surface area contributed by atoms with Crippen molar-refractivity contribution in [3.63, 3.8) is 0 Å². The van der Waals surface area contributed by atoms with Gasteiger partial charge in [-0.05, 0) is 4.57 Å². The lowest BCUT2D eigenvalue weighted by Crippen LogP contribution is -1.88. The standard InChI is InChI=1S/C6H12ClNO2P/c1-11(9)10-6-2-4-8-5-3-7/h4H,2-3,5-6H2,1H3/q+1. The van der Waals surface area contributed by atoms with Crippen LogP contribution in [0.15, 0.2) is 4.99 Å². The number of nitrogens with zero attached hydrogens (tertiary/aromatic N) is 1. The number of aliphatic imine (C=N–C) groups is 1. The largest absolute Gasteiger partial charge is 0.504 e. The summed E-state index contributed by atoms with van der Waals surface area (Å²) >= 11 is 5.37. The highest BCUT2D eigenvalue weighted by Crippen LogP contribution is 2.14. The fourth-order valence-corrected chi connectivity index (χ4v) is 0.925. The highest BCUT2D eigenvalue weighted by atomic mass is 35.5. The minimum atomic E-state index is -1.46. The molecule has 0 saturated carbocycles. The van der Waals surface area contributed by atoms with E-state index in [1.165, 1.54) is 6.66 Å². The number of rotatable bonds is 6. The van der Waals surface area contributed by atoms with Gasteiger partial charge in [-0.1, -0.05) is 0 Å². The Morgan fingerprint density at radius 3 is 3.00 bits per heavy atom. The Labute approximate surface area is 72.7 Å². The first-order valence-corrected chi connectivity index (χ1v) is 5.51. The zero-order valence-electron chi connectivity index (χ0n) is 6.49. The van der Waals surface area contributed by atoms with E-state index in [0.29, 0.717) is 25.5 Å². The molecule has 0 fully saturated rings. The third-order valence-electron chi connectivity index (χ3n) is 0.863. The van der Waals surface area contributed by atoms with Gasteiger partial charge in [0.25, 0.3) is 0 Å². The van der Waals surface area contributed by atoms with E-state index < -0.39 is 8.03 Å². The summed E-state index contributed by atoms with van der Waals surface area (Å²) in [7, 11) is -1.46.